The summed E-state index contributed by atoms with van der Waals surface area (Å²) in [4.78, 5) is 7.80. The van der Waals surface area contributed by atoms with Crippen LogP contribution < -0.4 is 0 Å². The molecule has 0 bridgehead atoms. The van der Waals surface area contributed by atoms with Gasteiger partial charge in [-0.05, 0) is 0 Å². The molecule has 0 saturated carbocycles. The van der Waals surface area contributed by atoms with Crippen molar-refractivity contribution in [2.45, 2.75) is 30.8 Å². The summed E-state index contributed by atoms with van der Waals surface area (Å²) >= 11 is 0. The maximum Gasteiger partial charge on any atom is 0.199 e. The second-order valence-electron chi connectivity index (χ2n) is 4.59. The van der Waals surface area contributed by atoms with E-state index in [0.717, 1.165) is 6.34 Å². The number of aromatic nitrogens is 2. The SMILES string of the molecule is OC[C@H]1O[C@@H](n2cnc3c2N=CN(O)C3O)C(O)C1O. The van der Waals surface area contributed by atoms with E-state index in [0.29, 0.717) is 5.06 Å². The Balaban J connectivity index is 1.95. The highest BCUT2D eigenvalue weighted by Crippen LogP contribution is 2.36. The van der Waals surface area contributed by atoms with E-state index in [1.165, 1.54) is 10.9 Å². The third-order valence-corrected chi connectivity index (χ3v) is 3.38. The number of rotatable bonds is 2. The van der Waals surface area contributed by atoms with E-state index in [-0.39, 0.29) is 11.5 Å². The fraction of sp³-hybridized carbons (Fsp3) is 0.600. The minimum Gasteiger partial charge on any atom is -0.394 e. The molecule has 1 aromatic heterocycles. The van der Waals surface area contributed by atoms with E-state index >= 15 is 0 Å². The first-order chi connectivity index (χ1) is 9.54. The van der Waals surface area contributed by atoms with Gasteiger partial charge in [0.25, 0.3) is 0 Å². The normalized spacial score (nSPS) is 36.5. The van der Waals surface area contributed by atoms with Crippen molar-refractivity contribution in [2.75, 3.05) is 6.61 Å². The predicted molar refractivity (Wildman–Crippen MR) is 62.0 cm³/mol. The van der Waals surface area contributed by atoms with Crippen LogP contribution in [0.15, 0.2) is 11.3 Å². The third-order valence-electron chi connectivity index (χ3n) is 3.38. The van der Waals surface area contributed by atoms with Gasteiger partial charge in [0.15, 0.2) is 18.3 Å². The molecule has 5 atom stereocenters. The zero-order valence-corrected chi connectivity index (χ0v) is 10.2. The van der Waals surface area contributed by atoms with Crippen LogP contribution in [-0.2, 0) is 4.74 Å². The molecule has 3 heterocycles. The lowest BCUT2D eigenvalue weighted by atomic mass is 10.1. The van der Waals surface area contributed by atoms with Crippen molar-refractivity contribution in [3.8, 4) is 0 Å². The average molecular weight is 286 g/mol. The van der Waals surface area contributed by atoms with Gasteiger partial charge >= 0.3 is 0 Å². The van der Waals surface area contributed by atoms with Crippen molar-refractivity contribution in [3.05, 3.63) is 12.0 Å². The minimum atomic E-state index is -1.37. The molecule has 2 aliphatic rings. The van der Waals surface area contributed by atoms with Crippen LogP contribution in [0, 0.1) is 0 Å². The number of ether oxygens (including phenoxy) is 1. The Morgan fingerprint density at radius 1 is 1.25 bits per heavy atom. The summed E-state index contributed by atoms with van der Waals surface area (Å²) in [6.07, 6.45) is -3.54. The van der Waals surface area contributed by atoms with Crippen LogP contribution in [0.1, 0.15) is 18.1 Å². The Morgan fingerprint density at radius 3 is 2.65 bits per heavy atom. The third kappa shape index (κ3) is 1.82. The lowest BCUT2D eigenvalue weighted by molar-refractivity contribution is -0.139. The van der Waals surface area contributed by atoms with E-state index in [9.17, 15) is 20.5 Å². The molecule has 5 N–H and O–H groups in total. The Morgan fingerprint density at radius 2 is 2.00 bits per heavy atom. The number of aliphatic hydroxyl groups excluding tert-OH is 4. The van der Waals surface area contributed by atoms with Crippen LogP contribution in [0.2, 0.25) is 0 Å². The predicted octanol–water partition coefficient (Wildman–Crippen LogP) is -2.15. The number of hydrogen-bond acceptors (Lipinski definition) is 9. The number of nitrogens with zero attached hydrogens (tertiary/aromatic N) is 4. The van der Waals surface area contributed by atoms with E-state index in [4.69, 9.17) is 9.84 Å². The van der Waals surface area contributed by atoms with Crippen molar-refractivity contribution in [3.63, 3.8) is 0 Å². The molecule has 1 fully saturated rings. The number of hydrogen-bond donors (Lipinski definition) is 5. The quantitative estimate of drug-likeness (QED) is 0.414. The highest BCUT2D eigenvalue weighted by molar-refractivity contribution is 5.63. The monoisotopic (exact) mass is 286 g/mol. The molecule has 20 heavy (non-hydrogen) atoms. The summed E-state index contributed by atoms with van der Waals surface area (Å²) in [5, 5.41) is 48.2. The zero-order chi connectivity index (χ0) is 14.4. The maximum atomic E-state index is 9.94. The molecule has 0 amide bonds. The van der Waals surface area contributed by atoms with Gasteiger partial charge < -0.3 is 25.2 Å². The van der Waals surface area contributed by atoms with Crippen LogP contribution in [0.25, 0.3) is 0 Å². The second kappa shape index (κ2) is 4.77. The molecule has 1 aromatic rings. The van der Waals surface area contributed by atoms with Gasteiger partial charge in [-0.2, -0.15) is 0 Å². The molecule has 3 rings (SSSR count). The first-order valence-corrected chi connectivity index (χ1v) is 5.93. The largest absolute Gasteiger partial charge is 0.394 e. The van der Waals surface area contributed by atoms with Gasteiger partial charge in [-0.1, -0.05) is 0 Å². The first-order valence-electron chi connectivity index (χ1n) is 5.93. The zero-order valence-electron chi connectivity index (χ0n) is 10.2. The molecule has 10 nitrogen and oxygen atoms in total. The lowest BCUT2D eigenvalue weighted by Gasteiger charge is -2.23. The molecule has 0 aromatic carbocycles. The molecule has 0 spiro atoms. The maximum absolute atomic E-state index is 9.94. The fourth-order valence-corrected chi connectivity index (χ4v) is 2.28. The average Bonchev–Trinajstić information content (AvgIpc) is 2.98. The number of hydroxylamine groups is 2. The summed E-state index contributed by atoms with van der Waals surface area (Å²) in [6.45, 7) is -0.443. The topological polar surface area (TPSA) is 144 Å². The first kappa shape index (κ1) is 13.4. The Bertz CT molecular complexity index is 534. The van der Waals surface area contributed by atoms with Gasteiger partial charge in [0.05, 0.1) is 12.9 Å². The summed E-state index contributed by atoms with van der Waals surface area (Å²) < 4.78 is 6.67. The minimum absolute atomic E-state index is 0.0905. The van der Waals surface area contributed by atoms with Crippen LogP contribution in [0.5, 0.6) is 0 Å². The van der Waals surface area contributed by atoms with Gasteiger partial charge in [0.1, 0.15) is 30.3 Å². The van der Waals surface area contributed by atoms with Crippen molar-refractivity contribution in [1.29, 1.82) is 0 Å². The lowest BCUT2D eigenvalue weighted by Crippen LogP contribution is -2.33. The smallest absolute Gasteiger partial charge is 0.199 e. The number of aliphatic imine (C=N–C) groups is 1. The number of aliphatic hydroxyl groups is 4. The molecular formula is C10H14N4O6. The molecule has 1 saturated heterocycles. The fourth-order valence-electron chi connectivity index (χ4n) is 2.28. The van der Waals surface area contributed by atoms with Crippen LogP contribution >= 0.6 is 0 Å². The highest BCUT2D eigenvalue weighted by Gasteiger charge is 2.44. The second-order valence-corrected chi connectivity index (χ2v) is 4.59. The molecule has 110 valence electrons. The van der Waals surface area contributed by atoms with Crippen molar-refractivity contribution < 1.29 is 30.4 Å². The number of fused-ring (bicyclic) bond motifs is 1. The molecule has 2 aliphatic heterocycles. The molecule has 10 heteroatoms. The van der Waals surface area contributed by atoms with Gasteiger partial charge in [0.2, 0.25) is 0 Å². The van der Waals surface area contributed by atoms with Gasteiger partial charge in [-0.3, -0.25) is 9.77 Å². The molecule has 0 aliphatic carbocycles. The van der Waals surface area contributed by atoms with E-state index in [2.05, 4.69) is 9.98 Å². The molecular weight excluding hydrogens is 272 g/mol. The van der Waals surface area contributed by atoms with E-state index in [1.54, 1.807) is 0 Å². The van der Waals surface area contributed by atoms with Crippen molar-refractivity contribution >= 4 is 12.2 Å². The Hall–Kier alpha value is -1.56. The van der Waals surface area contributed by atoms with Crippen LogP contribution in [0.3, 0.4) is 0 Å². The summed E-state index contributed by atoms with van der Waals surface area (Å²) in [5.41, 5.74) is 0.0905. The van der Waals surface area contributed by atoms with Crippen LogP contribution in [0.4, 0.5) is 5.82 Å². The summed E-state index contributed by atoms with van der Waals surface area (Å²) in [5.74, 6) is 0.192. The summed E-state index contributed by atoms with van der Waals surface area (Å²) in [6, 6.07) is 0. The van der Waals surface area contributed by atoms with Gasteiger partial charge in [-0.15, -0.1) is 0 Å². The van der Waals surface area contributed by atoms with Crippen molar-refractivity contribution in [2.24, 2.45) is 4.99 Å². The van der Waals surface area contributed by atoms with E-state index < -0.39 is 37.4 Å². The Labute approximate surface area is 112 Å². The Kier molecular flexibility index (Phi) is 3.20. The molecule has 3 unspecified atom stereocenters. The summed E-state index contributed by atoms with van der Waals surface area (Å²) in [7, 11) is 0. The van der Waals surface area contributed by atoms with Gasteiger partial charge in [0, 0.05) is 0 Å². The highest BCUT2D eigenvalue weighted by atomic mass is 16.6. The number of imidazole rings is 1. The van der Waals surface area contributed by atoms with Crippen LogP contribution in [-0.4, -0.2) is 71.5 Å². The van der Waals surface area contributed by atoms with E-state index in [1.807, 2.05) is 0 Å². The van der Waals surface area contributed by atoms with Crippen molar-refractivity contribution in [1.82, 2.24) is 14.6 Å². The standard InChI is InChI=1S/C10H14N4O6/c15-1-4-6(16)7(17)10(20-4)13-2-11-5-8(13)12-3-14(19)9(5)18/h2-4,6-7,9-10,15-19H,1H2/t4-,6?,7?,9?,10-/m1/s1. The molecule has 0 radical (unpaired) electrons. The van der Waals surface area contributed by atoms with Gasteiger partial charge in [-0.25, -0.2) is 15.0 Å².